The summed E-state index contributed by atoms with van der Waals surface area (Å²) in [6.45, 7) is 6.90. The second-order valence-corrected chi connectivity index (χ2v) is 24.4. The van der Waals surface area contributed by atoms with Gasteiger partial charge in [-0.15, -0.1) is 0 Å². The first kappa shape index (κ1) is 75.2. The number of ether oxygens (including phenoxy) is 1. The lowest BCUT2D eigenvalue weighted by atomic mass is 10.0. The van der Waals surface area contributed by atoms with E-state index < -0.39 is 20.0 Å². The summed E-state index contributed by atoms with van der Waals surface area (Å²) in [7, 11) is 1.49. The van der Waals surface area contributed by atoms with Crippen molar-refractivity contribution in [2.24, 2.45) is 0 Å². The van der Waals surface area contributed by atoms with Gasteiger partial charge in [-0.05, 0) is 83.1 Å². The summed E-state index contributed by atoms with van der Waals surface area (Å²) in [4.78, 5) is 37.7. The van der Waals surface area contributed by atoms with E-state index in [0.29, 0.717) is 17.4 Å². The summed E-state index contributed by atoms with van der Waals surface area (Å²) in [5.41, 5.74) is 0. The van der Waals surface area contributed by atoms with Crippen LogP contribution in [0, 0.1) is 0 Å². The van der Waals surface area contributed by atoms with Crippen molar-refractivity contribution >= 4 is 19.7 Å². The van der Waals surface area contributed by atoms with Crippen molar-refractivity contribution in [2.45, 2.75) is 296 Å². The number of carbonyl (C=O) groups is 2. The number of phosphoric ester groups is 1. The van der Waals surface area contributed by atoms with Crippen LogP contribution in [-0.2, 0) is 27.9 Å². The topological polar surface area (TPSA) is 111 Å². The predicted octanol–water partition coefficient (Wildman–Crippen LogP) is 20.2. The highest BCUT2D eigenvalue weighted by atomic mass is 31.2. The molecule has 0 saturated heterocycles. The molecule has 0 aromatic carbocycles. The van der Waals surface area contributed by atoms with Crippen LogP contribution >= 0.6 is 7.82 Å². The van der Waals surface area contributed by atoms with Crippen molar-refractivity contribution in [3.8, 4) is 0 Å². The molecule has 0 saturated carbocycles. The average Bonchev–Trinajstić information content (AvgIpc) is 3.40. The quantitative estimate of drug-likeness (QED) is 0.0205. The predicted molar refractivity (Wildman–Crippen MR) is 337 cm³/mol. The van der Waals surface area contributed by atoms with Gasteiger partial charge in [0.2, 0.25) is 5.91 Å². The number of allylic oxidation sites excluding steroid dienone is 13. The molecule has 0 aliphatic carbocycles. The Bertz CT molecular complexity index is 1610. The Morgan fingerprint density at radius 2 is 0.821 bits per heavy atom. The molecule has 3 atom stereocenters. The third kappa shape index (κ3) is 57.9. The minimum atomic E-state index is -4.45. The van der Waals surface area contributed by atoms with E-state index in [2.05, 4.69) is 99.0 Å². The molecule has 0 spiro atoms. The maximum atomic E-state index is 13.5. The Hall–Kier alpha value is -2.81. The van der Waals surface area contributed by atoms with E-state index in [1.807, 2.05) is 33.3 Å². The van der Waals surface area contributed by atoms with E-state index in [9.17, 15) is 19.0 Å². The van der Waals surface area contributed by atoms with Crippen molar-refractivity contribution in [1.29, 1.82) is 0 Å². The van der Waals surface area contributed by atoms with Gasteiger partial charge < -0.3 is 19.4 Å². The van der Waals surface area contributed by atoms with Gasteiger partial charge >= 0.3 is 13.8 Å². The molecule has 0 rings (SSSR count). The zero-order chi connectivity index (χ0) is 57.2. The van der Waals surface area contributed by atoms with Gasteiger partial charge in [-0.25, -0.2) is 4.57 Å². The number of likely N-dealkylation sites (N-methyl/N-ethyl adjacent to an activating group) is 1. The van der Waals surface area contributed by atoms with Gasteiger partial charge in [-0.3, -0.25) is 18.6 Å². The molecule has 0 aliphatic rings. The second-order valence-electron chi connectivity index (χ2n) is 22.9. The fourth-order valence-corrected chi connectivity index (χ4v) is 9.86. The number of unbranched alkanes of at least 4 members (excludes halogenated alkanes) is 30. The smallest absolute Gasteiger partial charge is 0.456 e. The number of rotatable bonds is 58. The van der Waals surface area contributed by atoms with Gasteiger partial charge in [0.1, 0.15) is 19.3 Å². The minimum Gasteiger partial charge on any atom is -0.456 e. The Morgan fingerprint density at radius 3 is 1.23 bits per heavy atom. The first-order valence-corrected chi connectivity index (χ1v) is 33.9. The molecular formula is C68H124N2O7P+. The zero-order valence-corrected chi connectivity index (χ0v) is 52.5. The van der Waals surface area contributed by atoms with Crippen molar-refractivity contribution in [1.82, 2.24) is 5.32 Å². The van der Waals surface area contributed by atoms with E-state index in [1.165, 1.54) is 141 Å². The monoisotopic (exact) mass is 1110 g/mol. The van der Waals surface area contributed by atoms with Gasteiger partial charge in [0, 0.05) is 12.8 Å². The third-order valence-corrected chi connectivity index (χ3v) is 15.1. The number of quaternary nitrogens is 1. The van der Waals surface area contributed by atoms with Crippen LogP contribution in [-0.4, -0.2) is 74.3 Å². The van der Waals surface area contributed by atoms with Crippen LogP contribution in [0.2, 0.25) is 0 Å². The van der Waals surface area contributed by atoms with E-state index in [0.717, 1.165) is 109 Å². The fourth-order valence-electron chi connectivity index (χ4n) is 9.12. The lowest BCUT2D eigenvalue weighted by Crippen LogP contribution is -2.47. The molecule has 0 fully saturated rings. The molecule has 2 N–H and O–H groups in total. The summed E-state index contributed by atoms with van der Waals surface area (Å²) in [6.07, 6.45) is 75.8. The maximum Gasteiger partial charge on any atom is 0.472 e. The van der Waals surface area contributed by atoms with Crippen LogP contribution in [0.5, 0.6) is 0 Å². The summed E-state index contributed by atoms with van der Waals surface area (Å²) in [5.74, 6) is -0.511. The van der Waals surface area contributed by atoms with Gasteiger partial charge in [0.15, 0.2) is 0 Å². The highest BCUT2D eigenvalue weighted by Gasteiger charge is 2.30. The molecule has 10 heteroatoms. The number of esters is 1. The third-order valence-electron chi connectivity index (χ3n) is 14.1. The molecule has 1 amide bonds. The first-order chi connectivity index (χ1) is 37.9. The lowest BCUT2D eigenvalue weighted by Gasteiger charge is -2.27. The average molecular weight is 1110 g/mol. The fraction of sp³-hybridized carbons (Fsp3) is 0.765. The lowest BCUT2D eigenvalue weighted by molar-refractivity contribution is -0.870. The molecular weight excluding hydrogens is 988 g/mol. The molecule has 78 heavy (non-hydrogen) atoms. The van der Waals surface area contributed by atoms with Crippen LogP contribution < -0.4 is 5.32 Å². The SMILES string of the molecule is CC/C=C\C/C=C\C/C=C\C/C=C\C/C=C\C/C=C\CCCCCCCCCCC(=O)OC(/C=C\CCCCCCCCCCCC)C(COP(=O)(O)OCC[N+](C)(C)C)NC(=O)CCCCCCCCCCCCCCC. The minimum absolute atomic E-state index is 0.0373. The summed E-state index contributed by atoms with van der Waals surface area (Å²) < 4.78 is 30.7. The van der Waals surface area contributed by atoms with Gasteiger partial charge in [0.05, 0.1) is 33.8 Å². The number of hydrogen-bond donors (Lipinski definition) is 2. The summed E-state index contributed by atoms with van der Waals surface area (Å²) >= 11 is 0. The van der Waals surface area contributed by atoms with Crippen LogP contribution in [0.4, 0.5) is 0 Å². The van der Waals surface area contributed by atoms with Crippen LogP contribution in [0.15, 0.2) is 85.1 Å². The zero-order valence-electron chi connectivity index (χ0n) is 51.6. The molecule has 0 aromatic rings. The normalized spacial score (nSPS) is 14.2. The highest BCUT2D eigenvalue weighted by Crippen LogP contribution is 2.43. The van der Waals surface area contributed by atoms with Crippen LogP contribution in [0.25, 0.3) is 0 Å². The molecule has 3 unspecified atom stereocenters. The number of hydrogen-bond acceptors (Lipinski definition) is 6. The number of nitrogens with one attached hydrogen (secondary N) is 1. The number of phosphoric acid groups is 1. The van der Waals surface area contributed by atoms with Gasteiger partial charge in [-0.1, -0.05) is 273 Å². The van der Waals surface area contributed by atoms with Crippen molar-refractivity contribution < 1.29 is 37.3 Å². The maximum absolute atomic E-state index is 13.5. The second kappa shape index (κ2) is 57.4. The molecule has 0 heterocycles. The molecule has 452 valence electrons. The largest absolute Gasteiger partial charge is 0.472 e. The Morgan fingerprint density at radius 1 is 0.462 bits per heavy atom. The number of nitrogens with zero attached hydrogens (tertiary/aromatic N) is 1. The Kier molecular flexibility index (Phi) is 55.4. The van der Waals surface area contributed by atoms with Crippen molar-refractivity contribution in [3.63, 3.8) is 0 Å². The Balaban J connectivity index is 5.10. The number of amides is 1. The number of carbonyl (C=O) groups excluding carboxylic acids is 2. The van der Waals surface area contributed by atoms with Gasteiger partial charge in [0.25, 0.3) is 0 Å². The molecule has 9 nitrogen and oxygen atoms in total. The van der Waals surface area contributed by atoms with E-state index in [-0.39, 0.29) is 31.5 Å². The van der Waals surface area contributed by atoms with Gasteiger partial charge in [-0.2, -0.15) is 0 Å². The van der Waals surface area contributed by atoms with Crippen molar-refractivity contribution in [2.75, 3.05) is 40.9 Å². The summed E-state index contributed by atoms with van der Waals surface area (Å²) in [5, 5.41) is 3.05. The van der Waals surface area contributed by atoms with E-state index in [1.54, 1.807) is 0 Å². The van der Waals surface area contributed by atoms with E-state index in [4.69, 9.17) is 13.8 Å². The standard InChI is InChI=1S/C68H123N2O7P/c1-7-10-13-16-19-22-25-28-29-30-31-32-33-34-35-36-37-38-39-40-41-43-46-49-52-55-58-61-68(72)77-66(59-56-53-50-47-44-27-24-21-18-15-12-9-3)65(64-76-78(73,74)75-63-62-70(4,5)6)69-67(71)60-57-54-51-48-45-42-26-23-20-17-14-11-8-2/h10,13,19,22,28-29,31-32,34-35,37-38,56,59,65-66H,7-9,11-12,14-18,20-21,23-27,30,33,36,39-55,57-58,60-64H2,1-6H3,(H-,69,71,73,74)/p+1/b13-10-,22-19-,29-28-,32-31-,35-34-,38-37-,59-56-. The molecule has 0 radical (unpaired) electrons. The van der Waals surface area contributed by atoms with Crippen LogP contribution in [0.1, 0.15) is 284 Å². The first-order valence-electron chi connectivity index (χ1n) is 32.4. The Labute approximate surface area is 482 Å². The molecule has 0 aliphatic heterocycles. The molecule has 0 aromatic heterocycles. The van der Waals surface area contributed by atoms with E-state index >= 15 is 0 Å². The highest BCUT2D eigenvalue weighted by molar-refractivity contribution is 7.47. The molecule has 0 bridgehead atoms. The van der Waals surface area contributed by atoms with Crippen molar-refractivity contribution in [3.05, 3.63) is 85.1 Å². The summed E-state index contributed by atoms with van der Waals surface area (Å²) in [6, 6.07) is -0.853. The van der Waals surface area contributed by atoms with Crippen LogP contribution in [0.3, 0.4) is 0 Å².